The van der Waals surface area contributed by atoms with Gasteiger partial charge < -0.3 is 10.2 Å². The molecule has 0 saturated carbocycles. The fourth-order valence-electron chi connectivity index (χ4n) is 2.86. The molecular weight excluding hydrogens is 328 g/mol. The van der Waals surface area contributed by atoms with Crippen LogP contribution in [0.2, 0.25) is 5.15 Å². The molecule has 2 heterocycles. The molecule has 0 radical (unpaired) electrons. The van der Waals surface area contributed by atoms with Crippen molar-refractivity contribution in [2.45, 2.75) is 46.7 Å². The van der Waals surface area contributed by atoms with Crippen LogP contribution in [0.5, 0.6) is 0 Å². The van der Waals surface area contributed by atoms with Crippen LogP contribution in [0, 0.1) is 12.8 Å². The average Bonchev–Trinajstić information content (AvgIpc) is 2.78. The Morgan fingerprint density at radius 3 is 2.83 bits per heavy atom. The Morgan fingerprint density at radius 1 is 1.50 bits per heavy atom. The lowest BCUT2D eigenvalue weighted by molar-refractivity contribution is -0.140. The van der Waals surface area contributed by atoms with Gasteiger partial charge in [-0.1, -0.05) is 32.4 Å². The van der Waals surface area contributed by atoms with Crippen LogP contribution in [0.4, 0.5) is 0 Å². The summed E-state index contributed by atoms with van der Waals surface area (Å²) in [4.78, 5) is 26.0. The second-order valence-corrected chi connectivity index (χ2v) is 6.80. The summed E-state index contributed by atoms with van der Waals surface area (Å²) >= 11 is 6.38. The number of carbonyl (C=O) groups excluding carboxylic acids is 2. The maximum Gasteiger partial charge on any atom is 0.247 e. The van der Waals surface area contributed by atoms with Crippen molar-refractivity contribution in [3.05, 3.63) is 22.5 Å². The van der Waals surface area contributed by atoms with Gasteiger partial charge in [0.25, 0.3) is 0 Å². The fraction of sp³-hybridized carbons (Fsp3) is 0.588. The molecule has 0 bridgehead atoms. The summed E-state index contributed by atoms with van der Waals surface area (Å²) in [6, 6.07) is -0.406. The second kappa shape index (κ2) is 7.83. The molecule has 1 unspecified atom stereocenters. The molecule has 1 saturated heterocycles. The third-order valence-electron chi connectivity index (χ3n) is 4.04. The van der Waals surface area contributed by atoms with Crippen LogP contribution < -0.4 is 5.32 Å². The second-order valence-electron chi connectivity index (χ2n) is 6.45. The standard InChI is InChI=1S/C17H25ClN4O2/c1-5-14-17(24)19-8-9-21(14)15(23)7-6-13-12(4)20-22(16(13)18)10-11(2)3/h6-7,11,14H,5,8-10H2,1-4H3,(H,19,24)/b7-6+. The van der Waals surface area contributed by atoms with Crippen LogP contribution in [-0.2, 0) is 16.1 Å². The molecule has 0 aromatic carbocycles. The van der Waals surface area contributed by atoms with E-state index in [0.29, 0.717) is 30.6 Å². The lowest BCUT2D eigenvalue weighted by Gasteiger charge is -2.33. The zero-order valence-electron chi connectivity index (χ0n) is 14.7. The van der Waals surface area contributed by atoms with Crippen LogP contribution in [0.3, 0.4) is 0 Å². The molecule has 1 aromatic rings. The monoisotopic (exact) mass is 352 g/mol. The Kier molecular flexibility index (Phi) is 6.04. The van der Waals surface area contributed by atoms with Crippen molar-refractivity contribution < 1.29 is 9.59 Å². The predicted molar refractivity (Wildman–Crippen MR) is 94.6 cm³/mol. The lowest BCUT2D eigenvalue weighted by Crippen LogP contribution is -2.56. The third-order valence-corrected chi connectivity index (χ3v) is 4.44. The summed E-state index contributed by atoms with van der Waals surface area (Å²) in [5.41, 5.74) is 1.54. The number of carbonyl (C=O) groups is 2. The van der Waals surface area contributed by atoms with Gasteiger partial charge in [-0.05, 0) is 25.3 Å². The number of rotatable bonds is 5. The van der Waals surface area contributed by atoms with Crippen molar-refractivity contribution in [2.24, 2.45) is 5.92 Å². The lowest BCUT2D eigenvalue weighted by atomic mass is 10.1. The third kappa shape index (κ3) is 3.98. The molecule has 1 aliphatic rings. The quantitative estimate of drug-likeness (QED) is 0.826. The molecule has 132 valence electrons. The highest BCUT2D eigenvalue weighted by Crippen LogP contribution is 2.22. The number of nitrogens with zero attached hydrogens (tertiary/aromatic N) is 3. The van der Waals surface area contributed by atoms with E-state index >= 15 is 0 Å². The number of aryl methyl sites for hydroxylation is 1. The van der Waals surface area contributed by atoms with Crippen LogP contribution in [0.1, 0.15) is 38.4 Å². The van der Waals surface area contributed by atoms with E-state index in [0.717, 1.165) is 17.8 Å². The number of hydrogen-bond acceptors (Lipinski definition) is 3. The molecule has 0 aliphatic carbocycles. The van der Waals surface area contributed by atoms with Gasteiger partial charge in [0.2, 0.25) is 11.8 Å². The summed E-state index contributed by atoms with van der Waals surface area (Å²) < 4.78 is 1.76. The average molecular weight is 353 g/mol. The van der Waals surface area contributed by atoms with E-state index < -0.39 is 6.04 Å². The van der Waals surface area contributed by atoms with E-state index in [9.17, 15) is 9.59 Å². The Morgan fingerprint density at radius 2 is 2.21 bits per heavy atom. The number of hydrogen-bond donors (Lipinski definition) is 1. The van der Waals surface area contributed by atoms with Gasteiger partial charge in [0.1, 0.15) is 11.2 Å². The smallest absolute Gasteiger partial charge is 0.247 e. The summed E-state index contributed by atoms with van der Waals surface area (Å²) in [5.74, 6) is 0.158. The van der Waals surface area contributed by atoms with Crippen LogP contribution in [-0.4, -0.2) is 45.6 Å². The van der Waals surface area contributed by atoms with Crippen LogP contribution in [0.15, 0.2) is 6.08 Å². The largest absolute Gasteiger partial charge is 0.353 e. The summed E-state index contributed by atoms with van der Waals surface area (Å²) in [5, 5.41) is 7.75. The highest BCUT2D eigenvalue weighted by atomic mass is 35.5. The van der Waals surface area contributed by atoms with Gasteiger partial charge in [0.15, 0.2) is 0 Å². The number of halogens is 1. The number of aromatic nitrogens is 2. The van der Waals surface area contributed by atoms with Crippen molar-refractivity contribution in [2.75, 3.05) is 13.1 Å². The van der Waals surface area contributed by atoms with E-state index in [1.807, 2.05) is 13.8 Å². The van der Waals surface area contributed by atoms with E-state index in [-0.39, 0.29) is 11.8 Å². The Labute approximate surface area is 147 Å². The highest BCUT2D eigenvalue weighted by Gasteiger charge is 2.30. The van der Waals surface area contributed by atoms with Crippen molar-refractivity contribution >= 4 is 29.5 Å². The SMILES string of the molecule is CCC1C(=O)NCCN1C(=O)/C=C/c1c(C)nn(CC(C)C)c1Cl. The van der Waals surface area contributed by atoms with Crippen LogP contribution in [0.25, 0.3) is 6.08 Å². The van der Waals surface area contributed by atoms with Gasteiger partial charge in [-0.3, -0.25) is 14.3 Å². The Bertz CT molecular complexity index is 651. The van der Waals surface area contributed by atoms with Gasteiger partial charge in [0.05, 0.1) is 5.69 Å². The molecule has 24 heavy (non-hydrogen) atoms. The van der Waals surface area contributed by atoms with Gasteiger partial charge in [0, 0.05) is 31.3 Å². The first kappa shape index (κ1) is 18.5. The predicted octanol–water partition coefficient (Wildman–Crippen LogP) is 2.25. The Hall–Kier alpha value is -1.82. The first-order valence-corrected chi connectivity index (χ1v) is 8.72. The highest BCUT2D eigenvalue weighted by molar-refractivity contribution is 6.31. The summed E-state index contributed by atoms with van der Waals surface area (Å²) in [6.45, 7) is 9.70. The molecule has 2 rings (SSSR count). The minimum atomic E-state index is -0.406. The number of amides is 2. The van der Waals surface area contributed by atoms with E-state index in [2.05, 4.69) is 24.3 Å². The van der Waals surface area contributed by atoms with Crippen molar-refractivity contribution in [3.63, 3.8) is 0 Å². The van der Waals surface area contributed by atoms with E-state index in [4.69, 9.17) is 11.6 Å². The van der Waals surface area contributed by atoms with Crippen LogP contribution >= 0.6 is 11.6 Å². The van der Waals surface area contributed by atoms with E-state index in [1.54, 1.807) is 15.7 Å². The maximum atomic E-state index is 12.5. The molecule has 2 amide bonds. The normalized spacial score (nSPS) is 18.5. The zero-order chi connectivity index (χ0) is 17.9. The minimum absolute atomic E-state index is 0.0931. The van der Waals surface area contributed by atoms with Crippen molar-refractivity contribution in [3.8, 4) is 0 Å². The molecule has 0 spiro atoms. The zero-order valence-corrected chi connectivity index (χ0v) is 15.4. The molecule has 1 fully saturated rings. The van der Waals surface area contributed by atoms with E-state index in [1.165, 1.54) is 6.08 Å². The Balaban J connectivity index is 2.17. The molecule has 1 N–H and O–H groups in total. The topological polar surface area (TPSA) is 67.2 Å². The molecule has 7 heteroatoms. The fourth-order valence-corrected chi connectivity index (χ4v) is 3.16. The van der Waals surface area contributed by atoms with Gasteiger partial charge in [-0.25, -0.2) is 0 Å². The molecule has 1 atom stereocenters. The summed E-state index contributed by atoms with van der Waals surface area (Å²) in [6.07, 6.45) is 3.78. The molecule has 1 aromatic heterocycles. The first-order chi connectivity index (χ1) is 11.3. The van der Waals surface area contributed by atoms with Gasteiger partial charge in [-0.15, -0.1) is 0 Å². The van der Waals surface area contributed by atoms with Gasteiger partial charge >= 0.3 is 0 Å². The van der Waals surface area contributed by atoms with Crippen molar-refractivity contribution in [1.82, 2.24) is 20.0 Å². The summed E-state index contributed by atoms with van der Waals surface area (Å²) in [7, 11) is 0. The first-order valence-electron chi connectivity index (χ1n) is 8.34. The molecular formula is C17H25ClN4O2. The number of nitrogens with one attached hydrogen (secondary N) is 1. The van der Waals surface area contributed by atoms with Gasteiger partial charge in [-0.2, -0.15) is 5.10 Å². The molecule has 1 aliphatic heterocycles. The number of piperazine rings is 1. The van der Waals surface area contributed by atoms with Crippen molar-refractivity contribution in [1.29, 1.82) is 0 Å². The minimum Gasteiger partial charge on any atom is -0.353 e. The molecule has 6 nitrogen and oxygen atoms in total. The maximum absolute atomic E-state index is 12.5.